The molecule has 0 unspecified atom stereocenters. The van der Waals surface area contributed by atoms with E-state index < -0.39 is 11.7 Å². The van der Waals surface area contributed by atoms with Crippen LogP contribution in [-0.2, 0) is 19.3 Å². The van der Waals surface area contributed by atoms with Crippen LogP contribution in [0.2, 0.25) is 0 Å². The molecule has 0 aliphatic rings. The number of alkyl halides is 3. The fraction of sp³-hybridized carbons (Fsp3) is 0.261. The maximum Gasteiger partial charge on any atom is 0.419 e. The Morgan fingerprint density at radius 2 is 1.32 bits per heavy atom. The number of hydrogen-bond donors (Lipinski definition) is 0. The standard InChI is InChI=1S/C23H22BrF3N2O2/c1-15-12-20(28-22(24)21(15)23(25,26)27)29(13-16-4-8-18(30-2)9-5-16)14-17-6-10-19(31-3)11-7-17/h4-12H,13-14H2,1-3H3. The van der Waals surface area contributed by atoms with E-state index in [1.807, 2.05) is 53.4 Å². The van der Waals surface area contributed by atoms with Crippen molar-refractivity contribution in [2.24, 2.45) is 0 Å². The molecule has 0 amide bonds. The SMILES string of the molecule is COc1ccc(CN(Cc2ccc(OC)cc2)c2cc(C)c(C(F)(F)F)c(Br)n2)cc1. The Morgan fingerprint density at radius 1 is 0.871 bits per heavy atom. The predicted molar refractivity (Wildman–Crippen MR) is 118 cm³/mol. The van der Waals surface area contributed by atoms with Gasteiger partial charge in [-0.3, -0.25) is 0 Å². The van der Waals surface area contributed by atoms with Gasteiger partial charge in [0.25, 0.3) is 0 Å². The number of methoxy groups -OCH3 is 2. The number of anilines is 1. The summed E-state index contributed by atoms with van der Waals surface area (Å²) in [6, 6.07) is 16.6. The molecule has 0 bridgehead atoms. The second kappa shape index (κ2) is 9.60. The summed E-state index contributed by atoms with van der Waals surface area (Å²) in [6.45, 7) is 2.36. The number of halogens is 4. The molecule has 0 saturated carbocycles. The zero-order chi connectivity index (χ0) is 22.6. The third-order valence-electron chi connectivity index (χ3n) is 4.83. The predicted octanol–water partition coefficient (Wildman–Crippen LogP) is 6.40. The summed E-state index contributed by atoms with van der Waals surface area (Å²) < 4.78 is 50.3. The molecule has 0 N–H and O–H groups in total. The summed E-state index contributed by atoms with van der Waals surface area (Å²) in [5.41, 5.74) is 1.30. The van der Waals surface area contributed by atoms with Gasteiger partial charge in [-0.15, -0.1) is 0 Å². The van der Waals surface area contributed by atoms with Gasteiger partial charge in [-0.25, -0.2) is 4.98 Å². The van der Waals surface area contributed by atoms with Gasteiger partial charge in [0.2, 0.25) is 0 Å². The Hall–Kier alpha value is -2.74. The van der Waals surface area contributed by atoms with E-state index in [1.165, 1.54) is 13.0 Å². The number of ether oxygens (including phenoxy) is 2. The molecule has 2 aromatic carbocycles. The molecule has 3 rings (SSSR count). The van der Waals surface area contributed by atoms with Crippen LogP contribution in [0.25, 0.3) is 0 Å². The van der Waals surface area contributed by atoms with Crippen LogP contribution in [0, 0.1) is 6.92 Å². The highest BCUT2D eigenvalue weighted by Gasteiger charge is 2.36. The van der Waals surface area contributed by atoms with Crippen LogP contribution < -0.4 is 14.4 Å². The first-order valence-electron chi connectivity index (χ1n) is 9.46. The van der Waals surface area contributed by atoms with Crippen LogP contribution in [0.4, 0.5) is 19.0 Å². The first kappa shape index (κ1) is 22.9. The molecule has 0 spiro atoms. The lowest BCUT2D eigenvalue weighted by atomic mass is 10.1. The average molecular weight is 495 g/mol. The molecule has 0 radical (unpaired) electrons. The van der Waals surface area contributed by atoms with Crippen LogP contribution in [-0.4, -0.2) is 19.2 Å². The lowest BCUT2D eigenvalue weighted by molar-refractivity contribution is -0.138. The minimum atomic E-state index is -4.48. The molecule has 31 heavy (non-hydrogen) atoms. The number of nitrogens with zero attached hydrogens (tertiary/aromatic N) is 2. The van der Waals surface area contributed by atoms with E-state index in [9.17, 15) is 13.2 Å². The summed E-state index contributed by atoms with van der Waals surface area (Å²) in [4.78, 5) is 6.17. The van der Waals surface area contributed by atoms with Gasteiger partial charge in [-0.2, -0.15) is 13.2 Å². The van der Waals surface area contributed by atoms with Crippen molar-refractivity contribution >= 4 is 21.7 Å². The normalized spacial score (nSPS) is 11.3. The van der Waals surface area contributed by atoms with E-state index in [-0.39, 0.29) is 10.2 Å². The van der Waals surface area contributed by atoms with Gasteiger partial charge < -0.3 is 14.4 Å². The van der Waals surface area contributed by atoms with Gasteiger partial charge in [-0.1, -0.05) is 24.3 Å². The summed E-state index contributed by atoms with van der Waals surface area (Å²) in [5.74, 6) is 1.91. The highest BCUT2D eigenvalue weighted by atomic mass is 79.9. The first-order chi connectivity index (χ1) is 14.7. The van der Waals surface area contributed by atoms with Gasteiger partial charge in [0.15, 0.2) is 0 Å². The molecule has 0 saturated heterocycles. The van der Waals surface area contributed by atoms with Crippen molar-refractivity contribution in [2.45, 2.75) is 26.2 Å². The molecular formula is C23H22BrF3N2O2. The van der Waals surface area contributed by atoms with Crippen molar-refractivity contribution in [3.63, 3.8) is 0 Å². The number of rotatable bonds is 7. The second-order valence-electron chi connectivity index (χ2n) is 7.01. The lowest BCUT2D eigenvalue weighted by Gasteiger charge is -2.26. The van der Waals surface area contributed by atoms with E-state index in [0.717, 1.165) is 22.6 Å². The van der Waals surface area contributed by atoms with E-state index in [0.29, 0.717) is 18.9 Å². The molecule has 0 atom stereocenters. The quantitative estimate of drug-likeness (QED) is 0.356. The maximum atomic E-state index is 13.4. The largest absolute Gasteiger partial charge is 0.497 e. The first-order valence-corrected chi connectivity index (χ1v) is 10.3. The molecule has 0 fully saturated rings. The Balaban J connectivity index is 1.97. The highest BCUT2D eigenvalue weighted by Crippen LogP contribution is 2.38. The Labute approximate surface area is 187 Å². The number of pyridine rings is 1. The molecule has 1 aromatic heterocycles. The van der Waals surface area contributed by atoms with E-state index in [2.05, 4.69) is 20.9 Å². The van der Waals surface area contributed by atoms with Gasteiger partial charge in [0, 0.05) is 13.1 Å². The van der Waals surface area contributed by atoms with E-state index >= 15 is 0 Å². The Kier molecular flexibility index (Phi) is 7.10. The lowest BCUT2D eigenvalue weighted by Crippen LogP contribution is -2.24. The molecule has 164 valence electrons. The van der Waals surface area contributed by atoms with Crippen LogP contribution >= 0.6 is 15.9 Å². The fourth-order valence-electron chi connectivity index (χ4n) is 3.24. The molecule has 4 nitrogen and oxygen atoms in total. The Morgan fingerprint density at radius 3 is 1.68 bits per heavy atom. The highest BCUT2D eigenvalue weighted by molar-refractivity contribution is 9.10. The third-order valence-corrected chi connectivity index (χ3v) is 5.41. The zero-order valence-corrected chi connectivity index (χ0v) is 18.9. The van der Waals surface area contributed by atoms with Crippen molar-refractivity contribution in [2.75, 3.05) is 19.1 Å². The minimum Gasteiger partial charge on any atom is -0.497 e. The fourth-order valence-corrected chi connectivity index (χ4v) is 3.96. The van der Waals surface area contributed by atoms with E-state index in [1.54, 1.807) is 14.2 Å². The molecule has 8 heteroatoms. The summed E-state index contributed by atoms with van der Waals surface area (Å²) >= 11 is 3.02. The molecule has 0 aliphatic carbocycles. The molecule has 0 aliphatic heterocycles. The van der Waals surface area contributed by atoms with Crippen LogP contribution in [0.5, 0.6) is 11.5 Å². The molecule has 3 aromatic rings. The smallest absolute Gasteiger partial charge is 0.419 e. The summed E-state index contributed by atoms with van der Waals surface area (Å²) in [6.07, 6.45) is -4.48. The minimum absolute atomic E-state index is 0.110. The van der Waals surface area contributed by atoms with Crippen LogP contribution in [0.3, 0.4) is 0 Å². The zero-order valence-electron chi connectivity index (χ0n) is 17.3. The van der Waals surface area contributed by atoms with Crippen molar-refractivity contribution in [3.8, 4) is 11.5 Å². The topological polar surface area (TPSA) is 34.6 Å². The van der Waals surface area contributed by atoms with Gasteiger partial charge in [-0.05, 0) is 69.9 Å². The maximum absolute atomic E-state index is 13.4. The van der Waals surface area contributed by atoms with Crippen molar-refractivity contribution in [1.82, 2.24) is 4.98 Å². The van der Waals surface area contributed by atoms with Crippen LogP contribution in [0.1, 0.15) is 22.3 Å². The van der Waals surface area contributed by atoms with Gasteiger partial charge in [0.05, 0.1) is 19.8 Å². The number of benzene rings is 2. The molecular weight excluding hydrogens is 473 g/mol. The van der Waals surface area contributed by atoms with E-state index in [4.69, 9.17) is 9.47 Å². The molecule has 1 heterocycles. The summed E-state index contributed by atoms with van der Waals surface area (Å²) in [5, 5.41) is 0. The van der Waals surface area contributed by atoms with Gasteiger partial charge in [0.1, 0.15) is 21.9 Å². The average Bonchev–Trinajstić information content (AvgIpc) is 2.72. The monoisotopic (exact) mass is 494 g/mol. The van der Waals surface area contributed by atoms with Crippen molar-refractivity contribution in [1.29, 1.82) is 0 Å². The summed E-state index contributed by atoms with van der Waals surface area (Å²) in [7, 11) is 3.19. The number of aryl methyl sites for hydroxylation is 1. The third kappa shape index (κ3) is 5.70. The number of hydrogen-bond acceptors (Lipinski definition) is 4. The second-order valence-corrected chi connectivity index (χ2v) is 7.76. The Bertz CT molecular complexity index is 950. The number of aromatic nitrogens is 1. The van der Waals surface area contributed by atoms with Gasteiger partial charge >= 0.3 is 6.18 Å². The van der Waals surface area contributed by atoms with Crippen molar-refractivity contribution < 1.29 is 22.6 Å². The van der Waals surface area contributed by atoms with Crippen LogP contribution in [0.15, 0.2) is 59.2 Å². The van der Waals surface area contributed by atoms with Crippen molar-refractivity contribution in [3.05, 3.63) is 81.5 Å².